The SMILES string of the molecule is CC1CCC(N(C)C(=O)CSc2nc3sc4c(c3c(=O)[nH]2)CC[C@H](C)C4)CC1. The van der Waals surface area contributed by atoms with E-state index < -0.39 is 0 Å². The standard InChI is InChI=1S/C21H29N3O2S2/c1-12-4-7-14(8-5-12)24(3)17(25)11-27-21-22-19(26)18-15-9-6-13(2)10-16(15)28-20(18)23-21/h12-14H,4-11H2,1-3H3,(H,22,23,26)/t12?,13-,14?/m0/s1. The maximum Gasteiger partial charge on any atom is 0.260 e. The average molecular weight is 420 g/mol. The van der Waals surface area contributed by atoms with Crippen LogP contribution in [0.25, 0.3) is 10.2 Å². The molecule has 0 saturated heterocycles. The fourth-order valence-electron chi connectivity index (χ4n) is 4.46. The van der Waals surface area contributed by atoms with Crippen LogP contribution in [0.2, 0.25) is 0 Å². The van der Waals surface area contributed by atoms with Crippen LogP contribution in [0, 0.1) is 11.8 Å². The van der Waals surface area contributed by atoms with Gasteiger partial charge in [-0.25, -0.2) is 4.98 Å². The number of rotatable bonds is 4. The van der Waals surface area contributed by atoms with Gasteiger partial charge in [-0.3, -0.25) is 9.59 Å². The van der Waals surface area contributed by atoms with Gasteiger partial charge in [0.25, 0.3) is 5.56 Å². The molecule has 28 heavy (non-hydrogen) atoms. The van der Waals surface area contributed by atoms with Gasteiger partial charge in [0.1, 0.15) is 4.83 Å². The van der Waals surface area contributed by atoms with Crippen LogP contribution in [0.5, 0.6) is 0 Å². The number of H-pyrrole nitrogens is 1. The lowest BCUT2D eigenvalue weighted by atomic mass is 9.87. The van der Waals surface area contributed by atoms with Gasteiger partial charge in [-0.1, -0.05) is 25.6 Å². The third-order valence-electron chi connectivity index (χ3n) is 6.40. The minimum absolute atomic E-state index is 0.0541. The molecule has 2 heterocycles. The first-order chi connectivity index (χ1) is 13.4. The molecule has 0 unspecified atom stereocenters. The lowest BCUT2D eigenvalue weighted by Gasteiger charge is -2.33. The van der Waals surface area contributed by atoms with Gasteiger partial charge in [0.05, 0.1) is 11.1 Å². The molecule has 0 spiro atoms. The predicted octanol–water partition coefficient (Wildman–Crippen LogP) is 4.24. The van der Waals surface area contributed by atoms with E-state index in [1.807, 2.05) is 11.9 Å². The third kappa shape index (κ3) is 4.01. The van der Waals surface area contributed by atoms with E-state index in [2.05, 4.69) is 23.8 Å². The summed E-state index contributed by atoms with van der Waals surface area (Å²) in [6.45, 7) is 4.55. The van der Waals surface area contributed by atoms with Crippen LogP contribution in [0.4, 0.5) is 0 Å². The smallest absolute Gasteiger partial charge is 0.260 e. The summed E-state index contributed by atoms with van der Waals surface area (Å²) >= 11 is 3.00. The summed E-state index contributed by atoms with van der Waals surface area (Å²) < 4.78 is 0. The molecule has 7 heteroatoms. The van der Waals surface area contributed by atoms with E-state index in [0.717, 1.165) is 48.2 Å². The number of nitrogens with zero attached hydrogens (tertiary/aromatic N) is 2. The Morgan fingerprint density at radius 1 is 1.21 bits per heavy atom. The fourth-order valence-corrected chi connectivity index (χ4v) is 6.69. The van der Waals surface area contributed by atoms with Crippen molar-refractivity contribution in [2.45, 2.75) is 70.0 Å². The molecule has 0 aliphatic heterocycles. The van der Waals surface area contributed by atoms with Gasteiger partial charge in [-0.05, 0) is 62.3 Å². The number of amides is 1. The van der Waals surface area contributed by atoms with Crippen molar-refractivity contribution in [3.63, 3.8) is 0 Å². The van der Waals surface area contributed by atoms with E-state index in [9.17, 15) is 9.59 Å². The van der Waals surface area contributed by atoms with Crippen molar-refractivity contribution in [2.24, 2.45) is 11.8 Å². The number of hydrogen-bond acceptors (Lipinski definition) is 5. The minimum Gasteiger partial charge on any atom is -0.342 e. The molecule has 2 aliphatic carbocycles. The molecule has 0 aromatic carbocycles. The van der Waals surface area contributed by atoms with Crippen molar-refractivity contribution in [3.8, 4) is 0 Å². The number of aromatic amines is 1. The maximum absolute atomic E-state index is 12.7. The number of hydrogen-bond donors (Lipinski definition) is 1. The van der Waals surface area contributed by atoms with E-state index >= 15 is 0 Å². The molecule has 0 radical (unpaired) electrons. The fraction of sp³-hybridized carbons (Fsp3) is 0.667. The van der Waals surface area contributed by atoms with Gasteiger partial charge in [-0.15, -0.1) is 11.3 Å². The van der Waals surface area contributed by atoms with E-state index in [1.54, 1.807) is 11.3 Å². The molecular formula is C21H29N3O2S2. The van der Waals surface area contributed by atoms with Crippen LogP contribution in [-0.2, 0) is 17.6 Å². The zero-order valence-corrected chi connectivity index (χ0v) is 18.5. The number of aromatic nitrogens is 2. The number of carbonyl (C=O) groups excluding carboxylic acids is 1. The normalized spacial score (nSPS) is 24.9. The van der Waals surface area contributed by atoms with Crippen molar-refractivity contribution < 1.29 is 4.79 Å². The van der Waals surface area contributed by atoms with Crippen LogP contribution in [0.3, 0.4) is 0 Å². The number of fused-ring (bicyclic) bond motifs is 3. The largest absolute Gasteiger partial charge is 0.342 e. The summed E-state index contributed by atoms with van der Waals surface area (Å²) in [5.74, 6) is 1.88. The van der Waals surface area contributed by atoms with Crippen LogP contribution < -0.4 is 5.56 Å². The Morgan fingerprint density at radius 3 is 2.71 bits per heavy atom. The molecule has 1 saturated carbocycles. The first-order valence-electron chi connectivity index (χ1n) is 10.4. The van der Waals surface area contributed by atoms with E-state index in [-0.39, 0.29) is 11.5 Å². The first-order valence-corrected chi connectivity index (χ1v) is 12.2. The molecule has 2 aromatic heterocycles. The van der Waals surface area contributed by atoms with Crippen molar-refractivity contribution in [1.82, 2.24) is 14.9 Å². The van der Waals surface area contributed by atoms with Gasteiger partial charge < -0.3 is 9.88 Å². The number of thioether (sulfide) groups is 1. The highest BCUT2D eigenvalue weighted by Gasteiger charge is 2.26. The molecule has 1 fully saturated rings. The maximum atomic E-state index is 12.7. The van der Waals surface area contributed by atoms with Crippen molar-refractivity contribution >= 4 is 39.2 Å². The Labute approximate surface area is 174 Å². The van der Waals surface area contributed by atoms with Gasteiger partial charge >= 0.3 is 0 Å². The monoisotopic (exact) mass is 419 g/mol. The summed E-state index contributed by atoms with van der Waals surface area (Å²) in [7, 11) is 1.91. The van der Waals surface area contributed by atoms with Crippen molar-refractivity contribution in [1.29, 1.82) is 0 Å². The Morgan fingerprint density at radius 2 is 1.96 bits per heavy atom. The summed E-state index contributed by atoms with van der Waals surface area (Å²) in [6, 6.07) is 0.352. The Bertz CT molecular complexity index is 928. The topological polar surface area (TPSA) is 66.1 Å². The molecule has 1 N–H and O–H groups in total. The molecule has 1 atom stereocenters. The second-order valence-corrected chi connectivity index (χ2v) is 10.7. The zero-order chi connectivity index (χ0) is 19.8. The van der Waals surface area contributed by atoms with Crippen molar-refractivity contribution in [2.75, 3.05) is 12.8 Å². The minimum atomic E-state index is -0.0541. The summed E-state index contributed by atoms with van der Waals surface area (Å²) in [5.41, 5.74) is 1.15. The van der Waals surface area contributed by atoms with Crippen LogP contribution in [0.1, 0.15) is 56.4 Å². The van der Waals surface area contributed by atoms with Gasteiger partial charge in [0.15, 0.2) is 5.16 Å². The lowest BCUT2D eigenvalue weighted by molar-refractivity contribution is -0.129. The summed E-state index contributed by atoms with van der Waals surface area (Å²) in [5, 5.41) is 1.33. The second kappa shape index (κ2) is 8.19. The number of carbonyl (C=O) groups is 1. The lowest BCUT2D eigenvalue weighted by Crippen LogP contribution is -2.40. The molecule has 5 nitrogen and oxygen atoms in total. The highest BCUT2D eigenvalue weighted by atomic mass is 32.2. The van der Waals surface area contributed by atoms with Gasteiger partial charge in [0, 0.05) is 18.0 Å². The summed E-state index contributed by atoms with van der Waals surface area (Å²) in [6.07, 6.45) is 7.72. The zero-order valence-electron chi connectivity index (χ0n) is 16.9. The van der Waals surface area contributed by atoms with E-state index in [4.69, 9.17) is 0 Å². The second-order valence-electron chi connectivity index (χ2n) is 8.61. The quantitative estimate of drug-likeness (QED) is 0.595. The number of aryl methyl sites for hydroxylation is 1. The Kier molecular flexibility index (Phi) is 5.83. The molecule has 152 valence electrons. The van der Waals surface area contributed by atoms with E-state index in [0.29, 0.717) is 22.9 Å². The van der Waals surface area contributed by atoms with E-state index in [1.165, 1.54) is 35.0 Å². The highest BCUT2D eigenvalue weighted by molar-refractivity contribution is 7.99. The van der Waals surface area contributed by atoms with Crippen LogP contribution >= 0.6 is 23.1 Å². The number of thiophene rings is 1. The Hall–Kier alpha value is -1.34. The first kappa shape index (κ1) is 20.0. The molecule has 2 aliphatic rings. The highest BCUT2D eigenvalue weighted by Crippen LogP contribution is 2.36. The molecular weight excluding hydrogens is 390 g/mol. The van der Waals surface area contributed by atoms with Crippen LogP contribution in [-0.4, -0.2) is 39.6 Å². The van der Waals surface area contributed by atoms with Crippen molar-refractivity contribution in [3.05, 3.63) is 20.8 Å². The molecule has 1 amide bonds. The number of nitrogens with one attached hydrogen (secondary N) is 1. The van der Waals surface area contributed by atoms with Gasteiger partial charge in [-0.2, -0.15) is 0 Å². The summed E-state index contributed by atoms with van der Waals surface area (Å²) in [4.78, 5) is 36.9. The van der Waals surface area contributed by atoms with Gasteiger partial charge in [0.2, 0.25) is 5.91 Å². The van der Waals surface area contributed by atoms with Crippen LogP contribution in [0.15, 0.2) is 9.95 Å². The Balaban J connectivity index is 1.45. The molecule has 0 bridgehead atoms. The average Bonchev–Trinajstić information content (AvgIpc) is 3.03. The third-order valence-corrected chi connectivity index (χ3v) is 8.41. The molecule has 2 aromatic rings. The predicted molar refractivity (Wildman–Crippen MR) is 116 cm³/mol. The molecule has 4 rings (SSSR count).